The van der Waals surface area contributed by atoms with Crippen LogP contribution in [0, 0.1) is 0 Å². The van der Waals surface area contributed by atoms with Crippen molar-refractivity contribution in [3.63, 3.8) is 0 Å². The lowest BCUT2D eigenvalue weighted by Gasteiger charge is -2.31. The van der Waals surface area contributed by atoms with Gasteiger partial charge in [0.2, 0.25) is 0 Å². The SMILES string of the molecule is CC1CCN(c2ccccc2)CC(CN)N1C. The van der Waals surface area contributed by atoms with Crippen LogP contribution in [0.5, 0.6) is 0 Å². The van der Waals surface area contributed by atoms with E-state index < -0.39 is 0 Å². The molecule has 0 aromatic heterocycles. The van der Waals surface area contributed by atoms with Gasteiger partial charge in [-0.15, -0.1) is 0 Å². The van der Waals surface area contributed by atoms with Gasteiger partial charge < -0.3 is 10.6 Å². The van der Waals surface area contributed by atoms with Crippen LogP contribution in [-0.4, -0.2) is 43.7 Å². The van der Waals surface area contributed by atoms with E-state index in [-0.39, 0.29) is 0 Å². The molecule has 17 heavy (non-hydrogen) atoms. The summed E-state index contributed by atoms with van der Waals surface area (Å²) >= 11 is 0. The molecule has 3 heteroatoms. The third-order valence-corrected chi connectivity index (χ3v) is 3.91. The van der Waals surface area contributed by atoms with Crippen LogP contribution < -0.4 is 10.6 Å². The molecule has 0 saturated carbocycles. The molecule has 2 unspecified atom stereocenters. The predicted molar refractivity (Wildman–Crippen MR) is 73.3 cm³/mol. The standard InChI is InChI=1S/C14H23N3/c1-12-8-9-17(11-14(10-15)16(12)2)13-6-4-3-5-7-13/h3-7,12,14H,8-11,15H2,1-2H3. The summed E-state index contributed by atoms with van der Waals surface area (Å²) in [5.74, 6) is 0. The first-order valence-electron chi connectivity index (χ1n) is 6.44. The molecule has 2 N–H and O–H groups in total. The number of hydrogen-bond donors (Lipinski definition) is 1. The fourth-order valence-corrected chi connectivity index (χ4v) is 2.49. The van der Waals surface area contributed by atoms with Crippen molar-refractivity contribution < 1.29 is 0 Å². The molecule has 1 saturated heterocycles. The average Bonchev–Trinajstić information content (AvgIpc) is 2.52. The van der Waals surface area contributed by atoms with Crippen molar-refractivity contribution in [2.75, 3.05) is 31.6 Å². The number of para-hydroxylation sites is 1. The van der Waals surface area contributed by atoms with E-state index in [0.29, 0.717) is 12.1 Å². The molecule has 3 nitrogen and oxygen atoms in total. The maximum atomic E-state index is 5.90. The third kappa shape index (κ3) is 2.79. The Morgan fingerprint density at radius 3 is 2.65 bits per heavy atom. The zero-order valence-electron chi connectivity index (χ0n) is 10.8. The summed E-state index contributed by atoms with van der Waals surface area (Å²) in [7, 11) is 2.19. The maximum Gasteiger partial charge on any atom is 0.0393 e. The van der Waals surface area contributed by atoms with Gasteiger partial charge in [0.15, 0.2) is 0 Å². The highest BCUT2D eigenvalue weighted by molar-refractivity contribution is 5.46. The molecule has 2 atom stereocenters. The molecule has 0 amide bonds. The van der Waals surface area contributed by atoms with E-state index in [4.69, 9.17) is 5.73 Å². The van der Waals surface area contributed by atoms with Gasteiger partial charge in [-0.1, -0.05) is 18.2 Å². The number of nitrogens with two attached hydrogens (primary N) is 1. The van der Waals surface area contributed by atoms with Crippen molar-refractivity contribution in [3.05, 3.63) is 30.3 Å². The highest BCUT2D eigenvalue weighted by Crippen LogP contribution is 2.20. The number of likely N-dealkylation sites (N-methyl/N-ethyl adjacent to an activating group) is 1. The van der Waals surface area contributed by atoms with Gasteiger partial charge in [-0.25, -0.2) is 0 Å². The number of rotatable bonds is 2. The van der Waals surface area contributed by atoms with Crippen molar-refractivity contribution in [3.8, 4) is 0 Å². The van der Waals surface area contributed by atoms with Crippen LogP contribution in [0.15, 0.2) is 30.3 Å². The smallest absolute Gasteiger partial charge is 0.0393 e. The molecule has 1 fully saturated rings. The van der Waals surface area contributed by atoms with Gasteiger partial charge in [0.05, 0.1) is 0 Å². The number of hydrogen-bond acceptors (Lipinski definition) is 3. The van der Waals surface area contributed by atoms with Gasteiger partial charge in [-0.05, 0) is 32.5 Å². The van der Waals surface area contributed by atoms with Crippen LogP contribution in [0.1, 0.15) is 13.3 Å². The van der Waals surface area contributed by atoms with Crippen molar-refractivity contribution >= 4 is 5.69 Å². The lowest BCUT2D eigenvalue weighted by molar-refractivity contribution is 0.201. The van der Waals surface area contributed by atoms with E-state index in [9.17, 15) is 0 Å². The van der Waals surface area contributed by atoms with Crippen molar-refractivity contribution in [1.82, 2.24) is 4.90 Å². The van der Waals surface area contributed by atoms with Gasteiger partial charge in [-0.3, -0.25) is 4.90 Å². The summed E-state index contributed by atoms with van der Waals surface area (Å²) in [6, 6.07) is 11.7. The maximum absolute atomic E-state index is 5.90. The van der Waals surface area contributed by atoms with Crippen LogP contribution in [0.3, 0.4) is 0 Å². The van der Waals surface area contributed by atoms with Gasteiger partial charge >= 0.3 is 0 Å². The van der Waals surface area contributed by atoms with Gasteiger partial charge in [0.1, 0.15) is 0 Å². The number of anilines is 1. The molecule has 1 heterocycles. The molecule has 1 aromatic carbocycles. The summed E-state index contributed by atoms with van der Waals surface area (Å²) in [6.07, 6.45) is 1.20. The van der Waals surface area contributed by atoms with Crippen LogP contribution >= 0.6 is 0 Å². The van der Waals surface area contributed by atoms with E-state index >= 15 is 0 Å². The summed E-state index contributed by atoms with van der Waals surface area (Å²) in [6.45, 7) is 5.16. The Hall–Kier alpha value is -1.06. The zero-order valence-corrected chi connectivity index (χ0v) is 10.8. The normalized spacial score (nSPS) is 26.9. The Kier molecular flexibility index (Phi) is 4.02. The number of nitrogens with zero attached hydrogens (tertiary/aromatic N) is 2. The van der Waals surface area contributed by atoms with E-state index in [1.807, 2.05) is 0 Å². The second-order valence-corrected chi connectivity index (χ2v) is 4.97. The van der Waals surface area contributed by atoms with Crippen molar-refractivity contribution in [2.24, 2.45) is 5.73 Å². The Morgan fingerprint density at radius 1 is 1.29 bits per heavy atom. The van der Waals surface area contributed by atoms with Crippen LogP contribution in [-0.2, 0) is 0 Å². The Morgan fingerprint density at radius 2 is 2.00 bits per heavy atom. The Labute approximate surface area is 104 Å². The average molecular weight is 233 g/mol. The van der Waals surface area contributed by atoms with Crippen molar-refractivity contribution in [1.29, 1.82) is 0 Å². The molecule has 94 valence electrons. The van der Waals surface area contributed by atoms with Gasteiger partial charge in [0, 0.05) is 37.4 Å². The Bertz CT molecular complexity index is 339. The van der Waals surface area contributed by atoms with Crippen LogP contribution in [0.2, 0.25) is 0 Å². The number of benzene rings is 1. The van der Waals surface area contributed by atoms with Gasteiger partial charge in [-0.2, -0.15) is 0 Å². The van der Waals surface area contributed by atoms with E-state index in [1.165, 1.54) is 12.1 Å². The molecule has 0 radical (unpaired) electrons. The molecular weight excluding hydrogens is 210 g/mol. The molecule has 1 aliphatic heterocycles. The molecule has 1 aliphatic rings. The third-order valence-electron chi connectivity index (χ3n) is 3.91. The first-order chi connectivity index (χ1) is 8.22. The first kappa shape index (κ1) is 12.4. The second-order valence-electron chi connectivity index (χ2n) is 4.97. The molecular formula is C14H23N3. The molecule has 0 aliphatic carbocycles. The van der Waals surface area contributed by atoms with Crippen LogP contribution in [0.4, 0.5) is 5.69 Å². The highest BCUT2D eigenvalue weighted by Gasteiger charge is 2.25. The fraction of sp³-hybridized carbons (Fsp3) is 0.571. The summed E-state index contributed by atoms with van der Waals surface area (Å²) in [5, 5.41) is 0. The van der Waals surface area contributed by atoms with E-state index in [0.717, 1.165) is 19.6 Å². The zero-order chi connectivity index (χ0) is 12.3. The summed E-state index contributed by atoms with van der Waals surface area (Å²) in [4.78, 5) is 4.88. The van der Waals surface area contributed by atoms with Crippen molar-refractivity contribution in [2.45, 2.75) is 25.4 Å². The van der Waals surface area contributed by atoms with E-state index in [1.54, 1.807) is 0 Å². The minimum Gasteiger partial charge on any atom is -0.370 e. The predicted octanol–water partition coefficient (Wildman–Crippen LogP) is 1.54. The van der Waals surface area contributed by atoms with Gasteiger partial charge in [0.25, 0.3) is 0 Å². The monoisotopic (exact) mass is 233 g/mol. The lowest BCUT2D eigenvalue weighted by atomic mass is 10.2. The molecule has 1 aromatic rings. The molecule has 0 bridgehead atoms. The largest absolute Gasteiger partial charge is 0.370 e. The highest BCUT2D eigenvalue weighted by atomic mass is 15.3. The minimum absolute atomic E-state index is 0.452. The second kappa shape index (κ2) is 5.52. The summed E-state index contributed by atoms with van der Waals surface area (Å²) in [5.41, 5.74) is 7.21. The topological polar surface area (TPSA) is 32.5 Å². The first-order valence-corrected chi connectivity index (χ1v) is 6.44. The quantitative estimate of drug-likeness (QED) is 0.841. The Balaban J connectivity index is 2.15. The van der Waals surface area contributed by atoms with E-state index in [2.05, 4.69) is 54.1 Å². The fourth-order valence-electron chi connectivity index (χ4n) is 2.49. The minimum atomic E-state index is 0.452. The molecule has 2 rings (SSSR count). The lowest BCUT2D eigenvalue weighted by Crippen LogP contribution is -2.46. The van der Waals surface area contributed by atoms with Crippen LogP contribution in [0.25, 0.3) is 0 Å². The summed E-state index contributed by atoms with van der Waals surface area (Å²) < 4.78 is 0. The molecule has 0 spiro atoms.